The molecule has 0 bridgehead atoms. The Balaban J connectivity index is 1.62. The molecule has 1 aromatic carbocycles. The summed E-state index contributed by atoms with van der Waals surface area (Å²) in [5.74, 6) is -0.143. The van der Waals surface area contributed by atoms with E-state index in [-0.39, 0.29) is 5.91 Å². The van der Waals surface area contributed by atoms with Gasteiger partial charge in [0.05, 0.1) is 18.3 Å². The molecule has 0 aliphatic carbocycles. The van der Waals surface area contributed by atoms with Gasteiger partial charge in [0.15, 0.2) is 0 Å². The maximum atomic E-state index is 12.8. The Bertz CT molecular complexity index is 950. The van der Waals surface area contributed by atoms with Crippen LogP contribution in [-0.4, -0.2) is 76.9 Å². The maximum absolute atomic E-state index is 12.8. The second kappa shape index (κ2) is 9.25. The van der Waals surface area contributed by atoms with E-state index in [1.807, 2.05) is 38.1 Å². The van der Waals surface area contributed by atoms with Gasteiger partial charge < -0.3 is 4.90 Å². The summed E-state index contributed by atoms with van der Waals surface area (Å²) in [4.78, 5) is 14.5. The molecule has 2 heterocycles. The summed E-state index contributed by atoms with van der Waals surface area (Å²) < 4.78 is 29.8. The van der Waals surface area contributed by atoms with Crippen molar-refractivity contribution < 1.29 is 13.2 Å². The van der Waals surface area contributed by atoms with E-state index in [2.05, 4.69) is 5.10 Å². The number of nitrogens with zero attached hydrogens (tertiary/aromatic N) is 5. The molecule has 8 nitrogen and oxygen atoms in total. The van der Waals surface area contributed by atoms with E-state index in [1.54, 1.807) is 15.8 Å². The molecule has 158 valence electrons. The van der Waals surface area contributed by atoms with E-state index in [0.717, 1.165) is 5.56 Å². The van der Waals surface area contributed by atoms with Crippen LogP contribution in [0.3, 0.4) is 0 Å². The second-order valence-electron chi connectivity index (χ2n) is 6.80. The van der Waals surface area contributed by atoms with Crippen LogP contribution in [0.15, 0.2) is 36.7 Å². The molecule has 2 aromatic rings. The number of amides is 1. The van der Waals surface area contributed by atoms with Crippen LogP contribution in [0.5, 0.6) is 0 Å². The summed E-state index contributed by atoms with van der Waals surface area (Å²) in [6.07, 6.45) is 3.24. The van der Waals surface area contributed by atoms with Crippen molar-refractivity contribution >= 4 is 27.7 Å². The lowest BCUT2D eigenvalue weighted by atomic mass is 10.2. The van der Waals surface area contributed by atoms with Crippen molar-refractivity contribution in [2.24, 2.45) is 0 Å². The van der Waals surface area contributed by atoms with Gasteiger partial charge >= 0.3 is 0 Å². The Morgan fingerprint density at radius 1 is 1.14 bits per heavy atom. The Morgan fingerprint density at radius 3 is 2.41 bits per heavy atom. The van der Waals surface area contributed by atoms with Crippen LogP contribution in [0.2, 0.25) is 5.02 Å². The van der Waals surface area contributed by atoms with Crippen molar-refractivity contribution in [3.63, 3.8) is 0 Å². The third kappa shape index (κ3) is 4.80. The number of carbonyl (C=O) groups excluding carboxylic acids is 1. The van der Waals surface area contributed by atoms with Gasteiger partial charge in [0.1, 0.15) is 0 Å². The fraction of sp³-hybridized carbons (Fsp3) is 0.474. The number of halogens is 1. The highest BCUT2D eigenvalue weighted by Gasteiger charge is 2.32. The first-order valence-corrected chi connectivity index (χ1v) is 11.4. The van der Waals surface area contributed by atoms with Gasteiger partial charge in [0.2, 0.25) is 0 Å². The standard InChI is InChI=1S/C19H26ClN5O3S/c1-3-24(4-2)29(27,28)25-11-9-22(10-12-25)19(26)17-13-21-23(15-17)14-16-7-5-6-8-18(16)20/h5-8,13,15H,3-4,9-12,14H2,1-2H3. The van der Waals surface area contributed by atoms with Crippen LogP contribution in [0, 0.1) is 0 Å². The Kier molecular flexibility index (Phi) is 6.94. The lowest BCUT2D eigenvalue weighted by Crippen LogP contribution is -2.54. The lowest BCUT2D eigenvalue weighted by Gasteiger charge is -2.36. The van der Waals surface area contributed by atoms with Crippen molar-refractivity contribution in [1.29, 1.82) is 0 Å². The minimum absolute atomic E-state index is 0.143. The summed E-state index contributed by atoms with van der Waals surface area (Å²) in [5, 5.41) is 4.92. The molecule has 1 fully saturated rings. The normalized spacial score (nSPS) is 15.8. The second-order valence-corrected chi connectivity index (χ2v) is 9.14. The predicted octanol–water partition coefficient (Wildman–Crippen LogP) is 1.93. The largest absolute Gasteiger partial charge is 0.336 e. The molecular formula is C19H26ClN5O3S. The summed E-state index contributed by atoms with van der Waals surface area (Å²) in [6.45, 7) is 6.27. The minimum atomic E-state index is -3.47. The van der Waals surface area contributed by atoms with E-state index >= 15 is 0 Å². The van der Waals surface area contributed by atoms with Crippen LogP contribution in [0.1, 0.15) is 29.8 Å². The molecule has 10 heteroatoms. The zero-order valence-corrected chi connectivity index (χ0v) is 18.2. The van der Waals surface area contributed by atoms with Gasteiger partial charge in [0.25, 0.3) is 16.1 Å². The van der Waals surface area contributed by atoms with Crippen molar-refractivity contribution in [1.82, 2.24) is 23.3 Å². The van der Waals surface area contributed by atoms with Gasteiger partial charge in [-0.1, -0.05) is 43.6 Å². The Morgan fingerprint density at radius 2 is 1.79 bits per heavy atom. The summed E-state index contributed by atoms with van der Waals surface area (Å²) in [6, 6.07) is 7.51. The van der Waals surface area contributed by atoms with E-state index in [9.17, 15) is 13.2 Å². The number of hydrogen-bond donors (Lipinski definition) is 0. The molecule has 1 amide bonds. The molecule has 1 aliphatic rings. The first-order valence-electron chi connectivity index (χ1n) is 9.67. The molecule has 1 aromatic heterocycles. The SMILES string of the molecule is CCN(CC)S(=O)(=O)N1CCN(C(=O)c2cnn(Cc3ccccc3Cl)c2)CC1. The number of rotatable bonds is 7. The molecule has 3 rings (SSSR count). The first-order chi connectivity index (χ1) is 13.9. The predicted molar refractivity (Wildman–Crippen MR) is 112 cm³/mol. The van der Waals surface area contributed by atoms with Crippen molar-refractivity contribution in [3.8, 4) is 0 Å². The molecule has 0 spiro atoms. The number of hydrogen-bond acceptors (Lipinski definition) is 4. The summed E-state index contributed by atoms with van der Waals surface area (Å²) in [7, 11) is -3.47. The van der Waals surface area contributed by atoms with Crippen molar-refractivity contribution in [3.05, 3.63) is 52.8 Å². The van der Waals surface area contributed by atoms with Crippen LogP contribution < -0.4 is 0 Å². The van der Waals surface area contributed by atoms with E-state index in [0.29, 0.717) is 56.4 Å². The van der Waals surface area contributed by atoms with Crippen molar-refractivity contribution in [2.75, 3.05) is 39.3 Å². The average molecular weight is 440 g/mol. The van der Waals surface area contributed by atoms with Gasteiger partial charge in [-0.15, -0.1) is 0 Å². The van der Waals surface area contributed by atoms with Crippen LogP contribution in [0.25, 0.3) is 0 Å². The smallest absolute Gasteiger partial charge is 0.282 e. The highest BCUT2D eigenvalue weighted by molar-refractivity contribution is 7.86. The van der Waals surface area contributed by atoms with E-state index in [1.165, 1.54) is 14.8 Å². The topological polar surface area (TPSA) is 78.8 Å². The number of aromatic nitrogens is 2. The summed E-state index contributed by atoms with van der Waals surface area (Å²) >= 11 is 6.19. The third-order valence-corrected chi connectivity index (χ3v) is 7.61. The van der Waals surface area contributed by atoms with Crippen LogP contribution in [-0.2, 0) is 16.8 Å². The summed E-state index contributed by atoms with van der Waals surface area (Å²) in [5.41, 5.74) is 1.41. The van der Waals surface area contributed by atoms with Gasteiger partial charge in [-0.25, -0.2) is 0 Å². The molecule has 0 atom stereocenters. The van der Waals surface area contributed by atoms with Crippen LogP contribution >= 0.6 is 11.6 Å². The van der Waals surface area contributed by atoms with Crippen molar-refractivity contribution in [2.45, 2.75) is 20.4 Å². The number of benzene rings is 1. The molecule has 29 heavy (non-hydrogen) atoms. The average Bonchev–Trinajstić information content (AvgIpc) is 3.18. The molecular weight excluding hydrogens is 414 g/mol. The zero-order chi connectivity index (χ0) is 21.0. The monoisotopic (exact) mass is 439 g/mol. The molecule has 1 aliphatic heterocycles. The number of piperazine rings is 1. The highest BCUT2D eigenvalue weighted by Crippen LogP contribution is 2.17. The third-order valence-electron chi connectivity index (χ3n) is 5.05. The van der Waals surface area contributed by atoms with Gasteiger partial charge in [-0.2, -0.15) is 22.1 Å². The molecule has 0 radical (unpaired) electrons. The lowest BCUT2D eigenvalue weighted by molar-refractivity contribution is 0.0694. The molecule has 0 N–H and O–H groups in total. The molecule has 1 saturated heterocycles. The molecule has 0 unspecified atom stereocenters. The number of carbonyl (C=O) groups is 1. The fourth-order valence-corrected chi connectivity index (χ4v) is 5.18. The Labute approximate surface area is 176 Å². The maximum Gasteiger partial charge on any atom is 0.282 e. The van der Waals surface area contributed by atoms with Gasteiger partial charge in [0, 0.05) is 50.5 Å². The Hall–Kier alpha value is -1.94. The highest BCUT2D eigenvalue weighted by atomic mass is 35.5. The minimum Gasteiger partial charge on any atom is -0.336 e. The van der Waals surface area contributed by atoms with Crippen LogP contribution in [0.4, 0.5) is 0 Å². The van der Waals surface area contributed by atoms with E-state index in [4.69, 9.17) is 11.6 Å². The quantitative estimate of drug-likeness (QED) is 0.660. The fourth-order valence-electron chi connectivity index (χ4n) is 3.38. The zero-order valence-electron chi connectivity index (χ0n) is 16.7. The van der Waals surface area contributed by atoms with Gasteiger partial charge in [-0.3, -0.25) is 9.48 Å². The van der Waals surface area contributed by atoms with Gasteiger partial charge in [-0.05, 0) is 11.6 Å². The first kappa shape index (κ1) is 21.8. The molecule has 0 saturated carbocycles. The van der Waals surface area contributed by atoms with E-state index < -0.39 is 10.2 Å².